The maximum Gasteiger partial charge on any atom is 0.265 e. The summed E-state index contributed by atoms with van der Waals surface area (Å²) in [5.41, 5.74) is 0.505. The van der Waals surface area contributed by atoms with E-state index in [9.17, 15) is 8.42 Å². The van der Waals surface area contributed by atoms with Crippen LogP contribution in [0.25, 0.3) is 10.8 Å². The summed E-state index contributed by atoms with van der Waals surface area (Å²) in [5, 5.41) is 2.09. The van der Waals surface area contributed by atoms with Crippen LogP contribution in [-0.2, 0) is 10.0 Å². The minimum Gasteiger partial charge on any atom is -0.495 e. The van der Waals surface area contributed by atoms with Crippen LogP contribution in [0.3, 0.4) is 0 Å². The molecule has 1 N–H and O–H groups in total. The highest BCUT2D eigenvalue weighted by atomic mass is 35.5. The van der Waals surface area contributed by atoms with Crippen molar-refractivity contribution in [3.8, 4) is 5.75 Å². The second-order valence-corrected chi connectivity index (χ2v) is 7.01. The number of rotatable bonds is 4. The Morgan fingerprint density at radius 3 is 2.52 bits per heavy atom. The highest BCUT2D eigenvalue weighted by molar-refractivity contribution is 7.92. The Bertz CT molecular complexity index is 965. The average Bonchev–Trinajstić information content (AvgIpc) is 2.55. The van der Waals surface area contributed by atoms with E-state index in [2.05, 4.69) is 4.72 Å². The van der Waals surface area contributed by atoms with Crippen molar-refractivity contribution in [2.45, 2.75) is 4.90 Å². The number of methoxy groups -OCH3 is 1. The van der Waals surface area contributed by atoms with Gasteiger partial charge in [0.1, 0.15) is 10.6 Å². The topological polar surface area (TPSA) is 55.4 Å². The molecule has 0 spiro atoms. The van der Waals surface area contributed by atoms with Crippen LogP contribution in [-0.4, -0.2) is 15.5 Å². The second-order valence-electron chi connectivity index (χ2n) is 4.93. The van der Waals surface area contributed by atoms with Crippen LogP contribution in [0.4, 0.5) is 5.69 Å². The van der Waals surface area contributed by atoms with Crippen molar-refractivity contribution in [3.05, 3.63) is 65.7 Å². The summed E-state index contributed by atoms with van der Waals surface area (Å²) in [6, 6.07) is 17.5. The SMILES string of the molecule is COc1ccc(Cl)cc1S(=O)(=O)Nc1cccc2ccccc12. The van der Waals surface area contributed by atoms with Gasteiger partial charge in [-0.25, -0.2) is 8.42 Å². The van der Waals surface area contributed by atoms with E-state index >= 15 is 0 Å². The van der Waals surface area contributed by atoms with Crippen LogP contribution in [0.1, 0.15) is 0 Å². The summed E-state index contributed by atoms with van der Waals surface area (Å²) < 4.78 is 33.2. The molecule has 0 aliphatic carbocycles. The Morgan fingerprint density at radius 2 is 1.74 bits per heavy atom. The minimum atomic E-state index is -3.83. The molecule has 0 radical (unpaired) electrons. The molecule has 4 nitrogen and oxygen atoms in total. The van der Waals surface area contributed by atoms with Crippen molar-refractivity contribution < 1.29 is 13.2 Å². The van der Waals surface area contributed by atoms with Crippen molar-refractivity contribution in [2.75, 3.05) is 11.8 Å². The Kier molecular flexibility index (Phi) is 4.15. The number of anilines is 1. The van der Waals surface area contributed by atoms with E-state index < -0.39 is 10.0 Å². The lowest BCUT2D eigenvalue weighted by Crippen LogP contribution is -2.14. The molecule has 0 amide bonds. The van der Waals surface area contributed by atoms with Gasteiger partial charge in [0.15, 0.2) is 0 Å². The maximum atomic E-state index is 12.7. The monoisotopic (exact) mass is 347 g/mol. The molecule has 0 saturated heterocycles. The van der Waals surface area contributed by atoms with Gasteiger partial charge < -0.3 is 4.74 Å². The average molecular weight is 348 g/mol. The summed E-state index contributed by atoms with van der Waals surface area (Å²) in [4.78, 5) is 0.000402. The minimum absolute atomic E-state index is 0.000402. The molecule has 0 aliphatic rings. The number of halogens is 1. The van der Waals surface area contributed by atoms with Gasteiger partial charge in [0.25, 0.3) is 10.0 Å². The first kappa shape index (κ1) is 15.6. The third-order valence-corrected chi connectivity index (χ3v) is 5.07. The zero-order valence-electron chi connectivity index (χ0n) is 12.3. The molecule has 3 rings (SSSR count). The van der Waals surface area contributed by atoms with Gasteiger partial charge in [-0.3, -0.25) is 4.72 Å². The molecule has 3 aromatic rings. The molecule has 0 aliphatic heterocycles. The number of nitrogens with one attached hydrogen (secondary N) is 1. The third-order valence-electron chi connectivity index (χ3n) is 3.45. The van der Waals surface area contributed by atoms with Crippen molar-refractivity contribution in [1.29, 1.82) is 0 Å². The predicted molar refractivity (Wildman–Crippen MR) is 92.8 cm³/mol. The maximum absolute atomic E-state index is 12.7. The molecule has 0 fully saturated rings. The van der Waals surface area contributed by atoms with E-state index in [-0.39, 0.29) is 10.6 Å². The Balaban J connectivity index is 2.09. The largest absolute Gasteiger partial charge is 0.495 e. The first-order valence-electron chi connectivity index (χ1n) is 6.85. The first-order chi connectivity index (χ1) is 11.0. The molecule has 3 aromatic carbocycles. The molecular weight excluding hydrogens is 334 g/mol. The fourth-order valence-electron chi connectivity index (χ4n) is 2.37. The van der Waals surface area contributed by atoms with Crippen molar-refractivity contribution in [2.24, 2.45) is 0 Å². The van der Waals surface area contributed by atoms with Gasteiger partial charge in [-0.05, 0) is 29.7 Å². The van der Waals surface area contributed by atoms with Gasteiger partial charge in [-0.1, -0.05) is 48.0 Å². The van der Waals surface area contributed by atoms with Crippen LogP contribution in [0.2, 0.25) is 5.02 Å². The summed E-state index contributed by atoms with van der Waals surface area (Å²) in [6.07, 6.45) is 0. The summed E-state index contributed by atoms with van der Waals surface area (Å²) in [7, 11) is -2.41. The molecule has 0 atom stereocenters. The van der Waals surface area contributed by atoms with Crippen LogP contribution >= 0.6 is 11.6 Å². The Hall–Kier alpha value is -2.24. The summed E-state index contributed by atoms with van der Waals surface area (Å²) in [5.74, 6) is 0.238. The Labute approximate surface area is 139 Å². The molecule has 6 heteroatoms. The number of ether oxygens (including phenoxy) is 1. The van der Waals surface area contributed by atoms with Crippen LogP contribution in [0.15, 0.2) is 65.6 Å². The van der Waals surface area contributed by atoms with Crippen LogP contribution in [0, 0.1) is 0 Å². The van der Waals surface area contributed by atoms with E-state index in [1.54, 1.807) is 18.2 Å². The molecule has 118 valence electrons. The van der Waals surface area contributed by atoms with Gasteiger partial charge in [-0.15, -0.1) is 0 Å². The summed E-state index contributed by atoms with van der Waals surface area (Å²) in [6.45, 7) is 0. The normalized spacial score (nSPS) is 11.4. The molecule has 23 heavy (non-hydrogen) atoms. The van der Waals surface area contributed by atoms with Crippen molar-refractivity contribution >= 4 is 38.1 Å². The zero-order chi connectivity index (χ0) is 16.4. The van der Waals surface area contributed by atoms with Crippen LogP contribution < -0.4 is 9.46 Å². The van der Waals surface area contributed by atoms with E-state index in [1.807, 2.05) is 30.3 Å². The van der Waals surface area contributed by atoms with E-state index in [4.69, 9.17) is 16.3 Å². The van der Waals surface area contributed by atoms with Crippen LogP contribution in [0.5, 0.6) is 5.75 Å². The fraction of sp³-hybridized carbons (Fsp3) is 0.0588. The lowest BCUT2D eigenvalue weighted by Gasteiger charge is -2.13. The third kappa shape index (κ3) is 3.11. The van der Waals surface area contributed by atoms with E-state index in [0.717, 1.165) is 10.8 Å². The van der Waals surface area contributed by atoms with Gasteiger partial charge >= 0.3 is 0 Å². The lowest BCUT2D eigenvalue weighted by atomic mass is 10.1. The molecule has 0 heterocycles. The highest BCUT2D eigenvalue weighted by Gasteiger charge is 2.21. The van der Waals surface area contributed by atoms with Crippen molar-refractivity contribution in [1.82, 2.24) is 0 Å². The predicted octanol–water partition coefficient (Wildman–Crippen LogP) is 4.30. The van der Waals surface area contributed by atoms with Gasteiger partial charge in [0.05, 0.1) is 12.8 Å². The molecule has 0 bridgehead atoms. The van der Waals surface area contributed by atoms with Gasteiger partial charge in [0.2, 0.25) is 0 Å². The van der Waals surface area contributed by atoms with Crippen molar-refractivity contribution in [3.63, 3.8) is 0 Å². The molecule has 0 aromatic heterocycles. The number of benzene rings is 3. The van der Waals surface area contributed by atoms with E-state index in [0.29, 0.717) is 10.7 Å². The fourth-order valence-corrected chi connectivity index (χ4v) is 3.89. The Morgan fingerprint density at radius 1 is 1.00 bits per heavy atom. The molecule has 0 saturated carbocycles. The number of hydrogen-bond donors (Lipinski definition) is 1. The number of fused-ring (bicyclic) bond motifs is 1. The van der Waals surface area contributed by atoms with Gasteiger partial charge in [-0.2, -0.15) is 0 Å². The standard InChI is InChI=1S/C17H14ClNO3S/c1-22-16-10-9-13(18)11-17(16)23(20,21)19-15-8-4-6-12-5-2-3-7-14(12)15/h2-11,19H,1H3. The lowest BCUT2D eigenvalue weighted by molar-refractivity contribution is 0.403. The molecular formula is C17H14ClNO3S. The number of sulfonamides is 1. The smallest absolute Gasteiger partial charge is 0.265 e. The quantitative estimate of drug-likeness (QED) is 0.765. The summed E-state index contributed by atoms with van der Waals surface area (Å²) >= 11 is 5.93. The number of hydrogen-bond acceptors (Lipinski definition) is 3. The molecule has 0 unspecified atom stereocenters. The zero-order valence-corrected chi connectivity index (χ0v) is 13.9. The highest BCUT2D eigenvalue weighted by Crippen LogP contribution is 2.30. The second kappa shape index (κ2) is 6.10. The van der Waals surface area contributed by atoms with E-state index in [1.165, 1.54) is 19.2 Å². The van der Waals surface area contributed by atoms with Gasteiger partial charge in [0, 0.05) is 10.4 Å². The first-order valence-corrected chi connectivity index (χ1v) is 8.71.